The van der Waals surface area contributed by atoms with Crippen LogP contribution in [0.5, 0.6) is 0 Å². The molecule has 13 heteroatoms. The van der Waals surface area contributed by atoms with Gasteiger partial charge in [0.15, 0.2) is 5.13 Å². The van der Waals surface area contributed by atoms with Gasteiger partial charge in [-0.05, 0) is 42.2 Å². The van der Waals surface area contributed by atoms with E-state index in [4.69, 9.17) is 0 Å². The first-order valence-electron chi connectivity index (χ1n) is 16.2. The maximum atomic E-state index is 13.0. The van der Waals surface area contributed by atoms with E-state index in [9.17, 15) is 9.59 Å². The number of thiazole rings is 1. The molecule has 0 spiro atoms. The number of piperazine rings is 1. The van der Waals surface area contributed by atoms with Crippen molar-refractivity contribution in [2.45, 2.75) is 38.5 Å². The summed E-state index contributed by atoms with van der Waals surface area (Å²) in [5.41, 5.74) is 5.46. The van der Waals surface area contributed by atoms with Crippen LogP contribution in [0.2, 0.25) is 0 Å². The highest BCUT2D eigenvalue weighted by Gasteiger charge is 2.35. The van der Waals surface area contributed by atoms with Crippen molar-refractivity contribution in [3.05, 3.63) is 113 Å². The van der Waals surface area contributed by atoms with Crippen LogP contribution in [-0.4, -0.2) is 73.9 Å². The van der Waals surface area contributed by atoms with Gasteiger partial charge in [0.05, 0.1) is 30.2 Å². The summed E-state index contributed by atoms with van der Waals surface area (Å²) in [7, 11) is 0. The number of nitrogens with zero attached hydrogens (tertiary/aromatic N) is 7. The second kappa shape index (κ2) is 14.7. The first-order chi connectivity index (χ1) is 23.6. The van der Waals surface area contributed by atoms with E-state index in [1.165, 1.54) is 28.8 Å². The Bertz CT molecular complexity index is 1820. The van der Waals surface area contributed by atoms with Crippen LogP contribution in [-0.2, 0) is 24.4 Å². The van der Waals surface area contributed by atoms with Crippen LogP contribution in [0.15, 0.2) is 90.8 Å². The maximum Gasteiger partial charge on any atom is 0.253 e. The summed E-state index contributed by atoms with van der Waals surface area (Å²) in [6.45, 7) is 5.84. The number of para-hydroxylation sites is 1. The van der Waals surface area contributed by atoms with Crippen molar-refractivity contribution in [2.75, 3.05) is 36.4 Å². The second-order valence-electron chi connectivity index (χ2n) is 12.2. The Balaban J connectivity index is 0.852. The minimum Gasteiger partial charge on any atom is -0.369 e. The van der Waals surface area contributed by atoms with Gasteiger partial charge in [0.2, 0.25) is 5.91 Å². The molecule has 12 nitrogen and oxygen atoms in total. The molecule has 3 N–H and O–H groups in total. The third-order valence-corrected chi connectivity index (χ3v) is 9.68. The number of pyridine rings is 1. The lowest BCUT2D eigenvalue weighted by atomic mass is 9.79. The third kappa shape index (κ3) is 7.69. The molecule has 0 atom stereocenters. The Morgan fingerprint density at radius 3 is 2.48 bits per heavy atom. The number of carbonyl (C=O) groups excluding carboxylic acids is 2. The van der Waals surface area contributed by atoms with Gasteiger partial charge in [-0.15, -0.1) is 16.4 Å². The highest BCUT2D eigenvalue weighted by molar-refractivity contribution is 7.13. The van der Waals surface area contributed by atoms with Gasteiger partial charge >= 0.3 is 0 Å². The molecule has 48 heavy (non-hydrogen) atoms. The Morgan fingerprint density at radius 1 is 0.896 bits per heavy atom. The number of rotatable bonds is 12. The fourth-order valence-electron chi connectivity index (χ4n) is 6.13. The normalized spacial score (nSPS) is 17.8. The van der Waals surface area contributed by atoms with Crippen molar-refractivity contribution < 1.29 is 9.59 Å². The van der Waals surface area contributed by atoms with E-state index in [1.54, 1.807) is 29.3 Å². The number of carbonyl (C=O) groups is 2. The fourth-order valence-corrected chi connectivity index (χ4v) is 6.66. The molecule has 1 aliphatic carbocycles. The lowest BCUT2D eigenvalue weighted by Crippen LogP contribution is -2.49. The molecule has 7 rings (SSSR count). The monoisotopic (exact) mass is 662 g/mol. The van der Waals surface area contributed by atoms with E-state index in [0.717, 1.165) is 49.1 Å². The molecule has 1 aliphatic heterocycles. The Morgan fingerprint density at radius 2 is 1.69 bits per heavy atom. The Hall–Kier alpha value is -5.14. The Kier molecular flexibility index (Phi) is 9.66. The largest absolute Gasteiger partial charge is 0.369 e. The zero-order valence-corrected chi connectivity index (χ0v) is 27.4. The molecular formula is C35H38N10O2S. The molecule has 2 aromatic carbocycles. The van der Waals surface area contributed by atoms with Gasteiger partial charge in [-0.25, -0.2) is 9.67 Å². The number of hydrogen-bond donors (Lipinski definition) is 3. The van der Waals surface area contributed by atoms with Gasteiger partial charge in [-0.1, -0.05) is 47.7 Å². The third-order valence-electron chi connectivity index (χ3n) is 8.95. The quantitative estimate of drug-likeness (QED) is 0.182. The highest BCUT2D eigenvalue weighted by Crippen LogP contribution is 2.28. The van der Waals surface area contributed by atoms with Gasteiger partial charge in [-0.3, -0.25) is 19.5 Å². The predicted octanol–water partition coefficient (Wildman–Crippen LogP) is 3.88. The molecule has 2 aliphatic rings. The number of amides is 2. The molecule has 246 valence electrons. The number of nitrogens with one attached hydrogen (secondary N) is 3. The molecule has 2 fully saturated rings. The van der Waals surface area contributed by atoms with Crippen LogP contribution in [0.1, 0.15) is 40.0 Å². The predicted molar refractivity (Wildman–Crippen MR) is 185 cm³/mol. The first kappa shape index (κ1) is 31.5. The van der Waals surface area contributed by atoms with E-state index in [0.29, 0.717) is 37.2 Å². The summed E-state index contributed by atoms with van der Waals surface area (Å²) in [5.74, 6) is -0.316. The number of hydrogen-bond acceptors (Lipinski definition) is 10. The van der Waals surface area contributed by atoms with E-state index >= 15 is 0 Å². The minimum absolute atomic E-state index is 0.0294. The van der Waals surface area contributed by atoms with Crippen LogP contribution >= 0.6 is 11.3 Å². The van der Waals surface area contributed by atoms with Crippen molar-refractivity contribution in [2.24, 2.45) is 5.92 Å². The molecule has 1 saturated carbocycles. The summed E-state index contributed by atoms with van der Waals surface area (Å²) >= 11 is 1.51. The van der Waals surface area contributed by atoms with Crippen molar-refractivity contribution >= 4 is 34.0 Å². The van der Waals surface area contributed by atoms with E-state index in [-0.39, 0.29) is 23.8 Å². The number of anilines is 2. The smallest absolute Gasteiger partial charge is 0.253 e. The molecular weight excluding hydrogens is 625 g/mol. The molecule has 2 amide bonds. The summed E-state index contributed by atoms with van der Waals surface area (Å²) in [5, 5.41) is 20.5. The van der Waals surface area contributed by atoms with Crippen LogP contribution < -0.4 is 20.9 Å². The SMILES string of the molecule is O=C(NC1CC(C(=O)NCc2ccccc2CN2CCN(c3ccccc3)CC2)C1)c1cncc(-n2cc(CNc3nccs3)nn2)c1. The summed E-state index contributed by atoms with van der Waals surface area (Å²) in [6, 6.07) is 20.6. The summed E-state index contributed by atoms with van der Waals surface area (Å²) < 4.78 is 1.59. The van der Waals surface area contributed by atoms with Crippen LogP contribution in [0, 0.1) is 5.92 Å². The average Bonchev–Trinajstić information content (AvgIpc) is 3.82. The molecule has 0 bridgehead atoms. The molecule has 1 saturated heterocycles. The summed E-state index contributed by atoms with van der Waals surface area (Å²) in [4.78, 5) is 39.4. The van der Waals surface area contributed by atoms with Gasteiger partial charge in [0.1, 0.15) is 5.69 Å². The lowest BCUT2D eigenvalue weighted by Gasteiger charge is -2.36. The highest BCUT2D eigenvalue weighted by atomic mass is 32.1. The number of aromatic nitrogens is 5. The van der Waals surface area contributed by atoms with Gasteiger partial charge in [0, 0.05) is 74.7 Å². The molecule has 0 radical (unpaired) electrons. The van der Waals surface area contributed by atoms with Gasteiger partial charge in [0.25, 0.3) is 5.91 Å². The molecule has 4 heterocycles. The average molecular weight is 663 g/mol. The first-order valence-corrected chi connectivity index (χ1v) is 17.1. The summed E-state index contributed by atoms with van der Waals surface area (Å²) in [6.07, 6.45) is 7.91. The van der Waals surface area contributed by atoms with Crippen LogP contribution in [0.25, 0.3) is 5.69 Å². The Labute approximate surface area is 283 Å². The molecule has 3 aromatic heterocycles. The van der Waals surface area contributed by atoms with Gasteiger partial charge in [-0.2, -0.15) is 0 Å². The zero-order chi connectivity index (χ0) is 32.7. The van der Waals surface area contributed by atoms with Crippen molar-refractivity contribution in [3.8, 4) is 5.69 Å². The van der Waals surface area contributed by atoms with E-state index < -0.39 is 0 Å². The van der Waals surface area contributed by atoms with Crippen LogP contribution in [0.3, 0.4) is 0 Å². The van der Waals surface area contributed by atoms with Crippen LogP contribution in [0.4, 0.5) is 10.8 Å². The van der Waals surface area contributed by atoms with Crippen molar-refractivity contribution in [1.82, 2.24) is 40.5 Å². The second-order valence-corrected chi connectivity index (χ2v) is 13.1. The molecule has 5 aromatic rings. The number of benzene rings is 2. The van der Waals surface area contributed by atoms with E-state index in [2.05, 4.69) is 94.6 Å². The standard InChI is InChI=1S/C35H38N10O2S/c46-33(38-20-25-6-4-5-7-26(25)23-43-11-13-44(14-12-43)31-8-2-1-3-9-31)27-16-29(17-27)40-34(47)28-18-32(22-36-19-28)45-24-30(41-42-45)21-39-35-37-10-15-48-35/h1-10,15,18-19,22,24,27,29H,11-14,16-17,20-21,23H2,(H,37,39)(H,38,46)(H,40,47). The van der Waals surface area contributed by atoms with E-state index in [1.807, 2.05) is 11.4 Å². The topological polar surface area (TPSA) is 133 Å². The van der Waals surface area contributed by atoms with Gasteiger partial charge < -0.3 is 20.9 Å². The van der Waals surface area contributed by atoms with Crippen molar-refractivity contribution in [1.29, 1.82) is 0 Å². The maximum absolute atomic E-state index is 13.0. The zero-order valence-electron chi connectivity index (χ0n) is 26.5. The van der Waals surface area contributed by atoms with Crippen molar-refractivity contribution in [3.63, 3.8) is 0 Å². The molecule has 0 unspecified atom stereocenters. The lowest BCUT2D eigenvalue weighted by molar-refractivity contribution is -0.128. The minimum atomic E-state index is -0.225. The fraction of sp³-hybridized carbons (Fsp3) is 0.314.